The molecule has 7 nitrogen and oxygen atoms in total. The fraction of sp³-hybridized carbons (Fsp3) is 0.375. The summed E-state index contributed by atoms with van der Waals surface area (Å²) in [4.78, 5) is 4.03. The van der Waals surface area contributed by atoms with Gasteiger partial charge in [0.1, 0.15) is 16.3 Å². The highest BCUT2D eigenvalue weighted by atomic mass is 32.2. The van der Waals surface area contributed by atoms with Gasteiger partial charge < -0.3 is 10.3 Å². The lowest BCUT2D eigenvalue weighted by Gasteiger charge is -2.14. The first-order valence-electron chi connectivity index (χ1n) is 7.43. The number of anilines is 1. The van der Waals surface area contributed by atoms with Crippen molar-refractivity contribution in [2.75, 3.05) is 11.6 Å². The number of nitrogen functional groups attached to an aromatic ring is 2. The van der Waals surface area contributed by atoms with Gasteiger partial charge in [0, 0.05) is 6.42 Å². The molecule has 0 fully saturated rings. The lowest BCUT2D eigenvalue weighted by Crippen LogP contribution is -2.51. The van der Waals surface area contributed by atoms with Gasteiger partial charge in [-0.3, -0.25) is 5.84 Å². The van der Waals surface area contributed by atoms with Crippen LogP contribution in [0.3, 0.4) is 0 Å². The minimum absolute atomic E-state index is 0.0851. The Kier molecular flexibility index (Phi) is 6.28. The quantitative estimate of drug-likeness (QED) is 0.473. The predicted molar refractivity (Wildman–Crippen MR) is 91.7 cm³/mol. The van der Waals surface area contributed by atoms with Crippen LogP contribution in [0.1, 0.15) is 35.0 Å². The largest absolute Gasteiger partial charge is 0.744 e. The molecule has 2 rings (SSSR count). The van der Waals surface area contributed by atoms with Gasteiger partial charge in [-0.1, -0.05) is 24.6 Å². The first kappa shape index (κ1) is 19.9. The Morgan fingerprint density at radius 3 is 2.04 bits per heavy atom. The van der Waals surface area contributed by atoms with Gasteiger partial charge in [-0.05, 0) is 38.8 Å². The number of aromatic nitrogens is 2. The fourth-order valence-corrected chi connectivity index (χ4v) is 3.36. The minimum atomic E-state index is -4.33. The fourth-order valence-electron chi connectivity index (χ4n) is 2.45. The molecule has 0 bridgehead atoms. The van der Waals surface area contributed by atoms with Crippen molar-refractivity contribution >= 4 is 15.9 Å². The summed E-state index contributed by atoms with van der Waals surface area (Å²) in [6, 6.07) is 3.38. The normalized spacial score (nSPS) is 10.9. The van der Waals surface area contributed by atoms with E-state index >= 15 is 0 Å². The number of hydrogen-bond acceptors (Lipinski definition) is 6. The van der Waals surface area contributed by atoms with Crippen molar-refractivity contribution in [2.24, 2.45) is 0 Å². The average Bonchev–Trinajstić information content (AvgIpc) is 2.43. The Balaban J connectivity index is 0.000000243. The van der Waals surface area contributed by atoms with E-state index in [4.69, 9.17) is 11.6 Å². The van der Waals surface area contributed by atoms with Crippen LogP contribution in [0.4, 0.5) is 5.82 Å². The van der Waals surface area contributed by atoms with Crippen molar-refractivity contribution in [2.45, 2.75) is 45.9 Å². The SMILES string of the molecule is CCc1ncc(C)c(N)[n+]1N.Cc1cc(C)c(S(=O)(=O)[O-])c(C)c1. The molecule has 0 radical (unpaired) electrons. The van der Waals surface area contributed by atoms with Crippen LogP contribution in [0.15, 0.2) is 23.2 Å². The van der Waals surface area contributed by atoms with E-state index in [1.54, 1.807) is 32.2 Å². The van der Waals surface area contributed by atoms with Crippen molar-refractivity contribution < 1.29 is 17.6 Å². The molecular formula is C16H24N4O3S. The Bertz CT molecular complexity index is 826. The summed E-state index contributed by atoms with van der Waals surface area (Å²) in [5, 5.41) is 0. The summed E-state index contributed by atoms with van der Waals surface area (Å²) < 4.78 is 33.9. The van der Waals surface area contributed by atoms with Crippen molar-refractivity contribution in [1.29, 1.82) is 0 Å². The van der Waals surface area contributed by atoms with Crippen LogP contribution in [0, 0.1) is 27.7 Å². The van der Waals surface area contributed by atoms with E-state index in [0.717, 1.165) is 23.4 Å². The summed E-state index contributed by atoms with van der Waals surface area (Å²) in [5.41, 5.74) is 8.57. The number of nitrogens with two attached hydrogens (primary N) is 2. The van der Waals surface area contributed by atoms with E-state index in [-0.39, 0.29) is 4.90 Å². The van der Waals surface area contributed by atoms with Gasteiger partial charge in [0.15, 0.2) is 0 Å². The number of aryl methyl sites for hydroxylation is 5. The Hall–Kier alpha value is -2.19. The third kappa shape index (κ3) is 4.65. The van der Waals surface area contributed by atoms with Crippen LogP contribution >= 0.6 is 0 Å². The van der Waals surface area contributed by atoms with E-state index < -0.39 is 10.1 Å². The second kappa shape index (κ2) is 7.59. The predicted octanol–water partition coefficient (Wildman–Crippen LogP) is 1.05. The van der Waals surface area contributed by atoms with Gasteiger partial charge in [-0.25, -0.2) is 8.42 Å². The highest BCUT2D eigenvalue weighted by molar-refractivity contribution is 7.85. The van der Waals surface area contributed by atoms with Crippen LogP contribution in [-0.2, 0) is 16.5 Å². The maximum absolute atomic E-state index is 10.8. The summed E-state index contributed by atoms with van der Waals surface area (Å²) >= 11 is 0. The van der Waals surface area contributed by atoms with E-state index in [2.05, 4.69) is 4.98 Å². The summed E-state index contributed by atoms with van der Waals surface area (Å²) in [6.07, 6.45) is 2.53. The van der Waals surface area contributed by atoms with Gasteiger partial charge >= 0.3 is 0 Å². The molecule has 24 heavy (non-hydrogen) atoms. The molecule has 0 aliphatic carbocycles. The smallest absolute Gasteiger partial charge is 0.259 e. The molecule has 0 amide bonds. The molecule has 0 aliphatic rings. The van der Waals surface area contributed by atoms with Gasteiger partial charge in [0.05, 0.1) is 10.5 Å². The van der Waals surface area contributed by atoms with E-state index in [9.17, 15) is 13.0 Å². The zero-order valence-corrected chi connectivity index (χ0v) is 15.4. The van der Waals surface area contributed by atoms with Gasteiger partial charge in [-0.2, -0.15) is 0 Å². The van der Waals surface area contributed by atoms with Gasteiger partial charge in [-0.15, -0.1) is 9.66 Å². The van der Waals surface area contributed by atoms with E-state index in [0.29, 0.717) is 16.9 Å². The second-order valence-electron chi connectivity index (χ2n) is 5.65. The highest BCUT2D eigenvalue weighted by Crippen LogP contribution is 2.20. The third-order valence-corrected chi connectivity index (χ3v) is 4.66. The molecule has 1 aromatic heterocycles. The van der Waals surface area contributed by atoms with Crippen molar-refractivity contribution in [3.05, 3.63) is 46.4 Å². The molecule has 0 saturated heterocycles. The van der Waals surface area contributed by atoms with Crippen LogP contribution in [0.5, 0.6) is 0 Å². The van der Waals surface area contributed by atoms with Crippen LogP contribution in [0.25, 0.3) is 0 Å². The van der Waals surface area contributed by atoms with Gasteiger partial charge in [0.2, 0.25) is 5.82 Å². The molecule has 0 spiro atoms. The zero-order valence-electron chi connectivity index (χ0n) is 14.6. The molecule has 4 N–H and O–H groups in total. The highest BCUT2D eigenvalue weighted by Gasteiger charge is 2.10. The molecule has 1 heterocycles. The molecule has 2 aromatic rings. The summed E-state index contributed by atoms with van der Waals surface area (Å²) in [6.45, 7) is 8.99. The van der Waals surface area contributed by atoms with Gasteiger partial charge in [0.25, 0.3) is 5.82 Å². The van der Waals surface area contributed by atoms with E-state index in [1.165, 1.54) is 4.68 Å². The van der Waals surface area contributed by atoms with Crippen LogP contribution < -0.4 is 16.3 Å². The van der Waals surface area contributed by atoms with E-state index in [1.807, 2.05) is 20.8 Å². The minimum Gasteiger partial charge on any atom is -0.744 e. The third-order valence-electron chi connectivity index (χ3n) is 3.52. The topological polar surface area (TPSA) is 126 Å². The summed E-state index contributed by atoms with van der Waals surface area (Å²) in [7, 11) is -4.33. The lowest BCUT2D eigenvalue weighted by atomic mass is 10.1. The Labute approximate surface area is 143 Å². The first-order valence-corrected chi connectivity index (χ1v) is 8.84. The number of hydrogen-bond donors (Lipinski definition) is 2. The monoisotopic (exact) mass is 352 g/mol. The maximum atomic E-state index is 10.8. The molecule has 0 unspecified atom stereocenters. The van der Waals surface area contributed by atoms with Crippen molar-refractivity contribution in [3.8, 4) is 0 Å². The number of benzene rings is 1. The Morgan fingerprint density at radius 1 is 1.12 bits per heavy atom. The maximum Gasteiger partial charge on any atom is 0.259 e. The first-order chi connectivity index (χ1) is 11.0. The van der Waals surface area contributed by atoms with Crippen molar-refractivity contribution in [3.63, 3.8) is 0 Å². The van der Waals surface area contributed by atoms with Crippen LogP contribution in [0.2, 0.25) is 0 Å². The molecule has 132 valence electrons. The lowest BCUT2D eigenvalue weighted by molar-refractivity contribution is -0.635. The Morgan fingerprint density at radius 2 is 1.62 bits per heavy atom. The molecule has 8 heteroatoms. The number of rotatable bonds is 2. The van der Waals surface area contributed by atoms with Crippen molar-refractivity contribution in [1.82, 2.24) is 4.98 Å². The molecule has 0 aliphatic heterocycles. The second-order valence-corrected chi connectivity index (χ2v) is 6.96. The molecule has 0 saturated carbocycles. The van der Waals surface area contributed by atoms with Crippen LogP contribution in [-0.4, -0.2) is 18.0 Å². The molecular weight excluding hydrogens is 328 g/mol. The standard InChI is InChI=1S/C9H12O3S.C7H12N4/c1-6-4-7(2)9(8(3)5-6)13(10,11)12;1-3-6-10-4-5(2)7(8)11(6)9/h4-5H,1-3H3,(H,10,11,12);4,8H,3,9H2,1-2H3. The molecule has 0 atom stereocenters. The number of nitrogens with zero attached hydrogens (tertiary/aromatic N) is 2. The summed E-state index contributed by atoms with van der Waals surface area (Å²) in [5.74, 6) is 7.00. The zero-order chi connectivity index (χ0) is 18.7. The average molecular weight is 352 g/mol. The molecule has 1 aromatic carbocycles.